The molecule has 96 valence electrons. The Balaban J connectivity index is 1.72. The molecule has 0 fully saturated rings. The summed E-state index contributed by atoms with van der Waals surface area (Å²) in [4.78, 5) is 15.9. The first-order chi connectivity index (χ1) is 8.63. The molecule has 0 saturated heterocycles. The highest BCUT2D eigenvalue weighted by Gasteiger charge is 2.07. The van der Waals surface area contributed by atoms with Gasteiger partial charge in [-0.2, -0.15) is 0 Å². The maximum Gasteiger partial charge on any atom is 0.230 e. The molecule has 0 aliphatic carbocycles. The lowest BCUT2D eigenvalue weighted by molar-refractivity contribution is -0.118. The zero-order chi connectivity index (χ0) is 13.0. The molecule has 18 heavy (non-hydrogen) atoms. The van der Waals surface area contributed by atoms with Gasteiger partial charge in [0, 0.05) is 5.38 Å². The molecule has 2 aromatic heterocycles. The number of amides is 1. The summed E-state index contributed by atoms with van der Waals surface area (Å²) in [6.07, 6.45) is 0. The number of hydrogen-bond donors (Lipinski definition) is 1. The molecule has 2 heterocycles. The van der Waals surface area contributed by atoms with E-state index < -0.39 is 0 Å². The van der Waals surface area contributed by atoms with E-state index in [2.05, 4.69) is 20.5 Å². The lowest BCUT2D eigenvalue weighted by atomic mass is 10.5. The second-order valence-corrected chi connectivity index (χ2v) is 6.98. The SMILES string of the molecule is Cc1nc(CNC(=O)CSc2nnc(C)s2)cs1. The van der Waals surface area contributed by atoms with Crippen LogP contribution < -0.4 is 5.32 Å². The quantitative estimate of drug-likeness (QED) is 0.856. The highest BCUT2D eigenvalue weighted by Crippen LogP contribution is 2.21. The van der Waals surface area contributed by atoms with Crippen LogP contribution in [-0.2, 0) is 11.3 Å². The first kappa shape index (κ1) is 13.4. The predicted molar refractivity (Wildman–Crippen MR) is 74.1 cm³/mol. The Hall–Kier alpha value is -0.990. The zero-order valence-corrected chi connectivity index (χ0v) is 12.4. The van der Waals surface area contributed by atoms with Crippen molar-refractivity contribution in [2.24, 2.45) is 0 Å². The van der Waals surface area contributed by atoms with Crippen molar-refractivity contribution in [1.82, 2.24) is 20.5 Å². The summed E-state index contributed by atoms with van der Waals surface area (Å²) in [6, 6.07) is 0. The fourth-order valence-corrected chi connectivity index (χ4v) is 3.45. The molecule has 2 rings (SSSR count). The highest BCUT2D eigenvalue weighted by molar-refractivity contribution is 8.01. The summed E-state index contributed by atoms with van der Waals surface area (Å²) >= 11 is 4.49. The standard InChI is InChI=1S/C10H12N4OS3/c1-6-12-8(4-16-6)3-11-9(15)5-17-10-14-13-7(2)18-10/h4H,3,5H2,1-2H3,(H,11,15). The third-order valence-corrected chi connectivity index (χ3v) is 4.76. The summed E-state index contributed by atoms with van der Waals surface area (Å²) in [6.45, 7) is 4.33. The number of thiazole rings is 1. The second-order valence-electron chi connectivity index (χ2n) is 3.51. The number of aromatic nitrogens is 3. The van der Waals surface area contributed by atoms with E-state index in [1.807, 2.05) is 19.2 Å². The highest BCUT2D eigenvalue weighted by atomic mass is 32.2. The monoisotopic (exact) mass is 300 g/mol. The lowest BCUT2D eigenvalue weighted by Gasteiger charge is -2.01. The van der Waals surface area contributed by atoms with Crippen molar-refractivity contribution in [1.29, 1.82) is 0 Å². The third-order valence-electron chi connectivity index (χ3n) is 1.97. The fourth-order valence-electron chi connectivity index (χ4n) is 1.19. The van der Waals surface area contributed by atoms with Gasteiger partial charge in [-0.15, -0.1) is 21.5 Å². The second kappa shape index (κ2) is 6.26. The Morgan fingerprint density at radius 1 is 1.39 bits per heavy atom. The molecule has 0 unspecified atom stereocenters. The minimum absolute atomic E-state index is 0.0153. The van der Waals surface area contributed by atoms with Gasteiger partial charge in [0.2, 0.25) is 5.91 Å². The Kier molecular flexibility index (Phi) is 4.67. The molecule has 0 saturated carbocycles. The number of aryl methyl sites for hydroxylation is 2. The molecule has 5 nitrogen and oxygen atoms in total. The van der Waals surface area contributed by atoms with Crippen molar-refractivity contribution in [3.8, 4) is 0 Å². The van der Waals surface area contributed by atoms with Gasteiger partial charge in [0.25, 0.3) is 0 Å². The van der Waals surface area contributed by atoms with Gasteiger partial charge < -0.3 is 5.32 Å². The molecular weight excluding hydrogens is 288 g/mol. The van der Waals surface area contributed by atoms with E-state index >= 15 is 0 Å². The average Bonchev–Trinajstić information content (AvgIpc) is 2.93. The van der Waals surface area contributed by atoms with Gasteiger partial charge in [0.1, 0.15) is 5.01 Å². The molecule has 0 aliphatic rings. The number of nitrogens with zero attached hydrogens (tertiary/aromatic N) is 3. The van der Waals surface area contributed by atoms with E-state index in [1.165, 1.54) is 23.1 Å². The molecule has 1 amide bonds. The summed E-state index contributed by atoms with van der Waals surface area (Å²) < 4.78 is 0.826. The van der Waals surface area contributed by atoms with E-state index in [4.69, 9.17) is 0 Å². The van der Waals surface area contributed by atoms with Crippen LogP contribution in [0.25, 0.3) is 0 Å². The van der Waals surface area contributed by atoms with Crippen LogP contribution in [0.4, 0.5) is 0 Å². The normalized spacial score (nSPS) is 10.6. The van der Waals surface area contributed by atoms with Gasteiger partial charge >= 0.3 is 0 Å². The Bertz CT molecular complexity index is 490. The molecule has 0 aliphatic heterocycles. The van der Waals surface area contributed by atoms with Crippen molar-refractivity contribution in [3.05, 3.63) is 21.1 Å². The summed E-state index contributed by atoms with van der Waals surface area (Å²) in [5, 5.41) is 14.6. The largest absolute Gasteiger partial charge is 0.350 e. The van der Waals surface area contributed by atoms with Crippen LogP contribution in [0.5, 0.6) is 0 Å². The van der Waals surface area contributed by atoms with E-state index in [9.17, 15) is 4.79 Å². The third kappa shape index (κ3) is 4.04. The zero-order valence-electron chi connectivity index (χ0n) is 9.97. The fraction of sp³-hybridized carbons (Fsp3) is 0.400. The first-order valence-electron chi connectivity index (χ1n) is 5.24. The van der Waals surface area contributed by atoms with Gasteiger partial charge in [-0.3, -0.25) is 4.79 Å². The van der Waals surface area contributed by atoms with E-state index in [1.54, 1.807) is 11.3 Å². The number of hydrogen-bond acceptors (Lipinski definition) is 7. The maximum atomic E-state index is 11.6. The molecule has 0 aromatic carbocycles. The van der Waals surface area contributed by atoms with Crippen molar-refractivity contribution < 1.29 is 4.79 Å². The molecule has 8 heteroatoms. The Labute approximate surface area is 117 Å². The molecule has 0 bridgehead atoms. The first-order valence-corrected chi connectivity index (χ1v) is 7.92. The average molecular weight is 300 g/mol. The van der Waals surface area contributed by atoms with Gasteiger partial charge in [0.05, 0.1) is 23.0 Å². The summed E-state index contributed by atoms with van der Waals surface area (Å²) in [5.74, 6) is 0.344. The van der Waals surface area contributed by atoms with Crippen LogP contribution in [0.15, 0.2) is 9.72 Å². The predicted octanol–water partition coefficient (Wildman–Crippen LogP) is 2.02. The van der Waals surface area contributed by atoms with Crippen molar-refractivity contribution in [3.63, 3.8) is 0 Å². The van der Waals surface area contributed by atoms with Crippen LogP contribution in [0.1, 0.15) is 15.7 Å². The van der Waals surface area contributed by atoms with Crippen LogP contribution in [-0.4, -0.2) is 26.8 Å². The topological polar surface area (TPSA) is 67.8 Å². The van der Waals surface area contributed by atoms with Crippen LogP contribution >= 0.6 is 34.4 Å². The molecular formula is C10H12N4OS3. The van der Waals surface area contributed by atoms with E-state index in [-0.39, 0.29) is 5.91 Å². The van der Waals surface area contributed by atoms with E-state index in [0.29, 0.717) is 12.3 Å². The molecule has 0 radical (unpaired) electrons. The molecule has 0 atom stereocenters. The van der Waals surface area contributed by atoms with E-state index in [0.717, 1.165) is 20.0 Å². The number of rotatable bonds is 5. The molecule has 2 aromatic rings. The number of carbonyl (C=O) groups excluding carboxylic acids is 1. The number of nitrogens with one attached hydrogen (secondary N) is 1. The smallest absolute Gasteiger partial charge is 0.230 e. The Morgan fingerprint density at radius 3 is 2.83 bits per heavy atom. The number of thioether (sulfide) groups is 1. The molecule has 0 spiro atoms. The van der Waals surface area contributed by atoms with Gasteiger partial charge in [-0.25, -0.2) is 4.98 Å². The van der Waals surface area contributed by atoms with Crippen molar-refractivity contribution in [2.75, 3.05) is 5.75 Å². The minimum Gasteiger partial charge on any atom is -0.350 e. The van der Waals surface area contributed by atoms with Crippen molar-refractivity contribution in [2.45, 2.75) is 24.7 Å². The maximum absolute atomic E-state index is 11.6. The van der Waals surface area contributed by atoms with Crippen LogP contribution in [0.2, 0.25) is 0 Å². The van der Waals surface area contributed by atoms with Gasteiger partial charge in [-0.05, 0) is 13.8 Å². The summed E-state index contributed by atoms with van der Waals surface area (Å²) in [5.41, 5.74) is 0.905. The minimum atomic E-state index is -0.0153. The van der Waals surface area contributed by atoms with Crippen LogP contribution in [0.3, 0.4) is 0 Å². The lowest BCUT2D eigenvalue weighted by Crippen LogP contribution is -2.24. The Morgan fingerprint density at radius 2 is 2.22 bits per heavy atom. The van der Waals surface area contributed by atoms with Gasteiger partial charge in [-0.1, -0.05) is 23.1 Å². The van der Waals surface area contributed by atoms with Crippen molar-refractivity contribution >= 4 is 40.3 Å². The van der Waals surface area contributed by atoms with Crippen LogP contribution in [0, 0.1) is 13.8 Å². The summed E-state index contributed by atoms with van der Waals surface area (Å²) in [7, 11) is 0. The molecule has 1 N–H and O–H groups in total. The van der Waals surface area contributed by atoms with Gasteiger partial charge in [0.15, 0.2) is 4.34 Å². The number of carbonyl (C=O) groups is 1.